The summed E-state index contributed by atoms with van der Waals surface area (Å²) in [6, 6.07) is 26.6. The third-order valence-electron chi connectivity index (χ3n) is 6.44. The van der Waals surface area contributed by atoms with Crippen LogP contribution in [0, 0.1) is 0 Å². The summed E-state index contributed by atoms with van der Waals surface area (Å²) in [5.74, 6) is 0.286. The number of aliphatic imine (C=N–C) groups is 1. The standard InChI is InChI=1S/C29H29N3O4/c33-27(26-16-9-17-32(26)29(34)36-19-22-12-5-2-6-13-22)31-25-15-8-7-14-24(25)28-30-23(20-35-28)18-21-10-3-1-4-11-21/h1-8,10-15,23,26H,9,16-20H2,(H,31,33)/t23-,26+/m0/s1. The Kier molecular flexibility index (Phi) is 7.26. The van der Waals surface area contributed by atoms with Gasteiger partial charge in [-0.1, -0.05) is 72.8 Å². The first-order valence-corrected chi connectivity index (χ1v) is 12.3. The summed E-state index contributed by atoms with van der Waals surface area (Å²) in [5.41, 5.74) is 3.46. The molecule has 36 heavy (non-hydrogen) atoms. The van der Waals surface area contributed by atoms with Gasteiger partial charge in [0.25, 0.3) is 0 Å². The third kappa shape index (κ3) is 5.57. The fourth-order valence-corrected chi connectivity index (χ4v) is 4.61. The van der Waals surface area contributed by atoms with E-state index in [0.29, 0.717) is 31.2 Å². The summed E-state index contributed by atoms with van der Waals surface area (Å²) >= 11 is 0. The minimum absolute atomic E-state index is 0.0240. The zero-order valence-corrected chi connectivity index (χ0v) is 20.0. The fourth-order valence-electron chi connectivity index (χ4n) is 4.61. The SMILES string of the molecule is O=C(Nc1ccccc1C1=N[C@@H](Cc2ccccc2)CO1)[C@H]1CCCN1C(=O)OCc1ccccc1. The molecule has 2 aliphatic rings. The number of carbonyl (C=O) groups is 2. The topological polar surface area (TPSA) is 80.2 Å². The summed E-state index contributed by atoms with van der Waals surface area (Å²) < 4.78 is 11.4. The van der Waals surface area contributed by atoms with Crippen LogP contribution in [0.3, 0.4) is 0 Å². The highest BCUT2D eigenvalue weighted by Crippen LogP contribution is 2.25. The molecule has 7 heteroatoms. The van der Waals surface area contributed by atoms with E-state index in [1.807, 2.05) is 72.8 Å². The highest BCUT2D eigenvalue weighted by Gasteiger charge is 2.35. The third-order valence-corrected chi connectivity index (χ3v) is 6.44. The van der Waals surface area contributed by atoms with E-state index in [2.05, 4.69) is 17.4 Å². The van der Waals surface area contributed by atoms with Crippen LogP contribution in [0.25, 0.3) is 0 Å². The molecule has 1 fully saturated rings. The molecule has 0 spiro atoms. The highest BCUT2D eigenvalue weighted by molar-refractivity contribution is 6.05. The summed E-state index contributed by atoms with van der Waals surface area (Å²) in [6.45, 7) is 1.16. The van der Waals surface area contributed by atoms with Crippen molar-refractivity contribution in [1.82, 2.24) is 4.90 Å². The quantitative estimate of drug-likeness (QED) is 0.523. The number of amides is 2. The van der Waals surface area contributed by atoms with Crippen molar-refractivity contribution in [3.05, 3.63) is 102 Å². The van der Waals surface area contributed by atoms with E-state index in [-0.39, 0.29) is 18.6 Å². The number of carbonyl (C=O) groups excluding carboxylic acids is 2. The van der Waals surface area contributed by atoms with Gasteiger partial charge in [-0.05, 0) is 42.5 Å². The van der Waals surface area contributed by atoms with E-state index in [0.717, 1.165) is 24.0 Å². The van der Waals surface area contributed by atoms with E-state index < -0.39 is 12.1 Å². The van der Waals surface area contributed by atoms with Gasteiger partial charge in [0.1, 0.15) is 19.3 Å². The van der Waals surface area contributed by atoms with Crippen molar-refractivity contribution >= 4 is 23.6 Å². The first-order chi connectivity index (χ1) is 17.7. The lowest BCUT2D eigenvalue weighted by molar-refractivity contribution is -0.120. The molecule has 1 N–H and O–H groups in total. The Morgan fingerprint density at radius 1 is 0.944 bits per heavy atom. The number of likely N-dealkylation sites (tertiary alicyclic amines) is 1. The van der Waals surface area contributed by atoms with E-state index in [4.69, 9.17) is 14.5 Å². The molecular weight excluding hydrogens is 454 g/mol. The molecule has 0 unspecified atom stereocenters. The second-order valence-electron chi connectivity index (χ2n) is 9.02. The van der Waals surface area contributed by atoms with Crippen LogP contribution in [0.4, 0.5) is 10.5 Å². The highest BCUT2D eigenvalue weighted by atomic mass is 16.6. The van der Waals surface area contributed by atoms with E-state index in [1.54, 1.807) is 0 Å². The average molecular weight is 484 g/mol. The van der Waals surface area contributed by atoms with Gasteiger partial charge in [-0.2, -0.15) is 0 Å². The Hall–Kier alpha value is -4.13. The van der Waals surface area contributed by atoms with Crippen molar-refractivity contribution in [2.75, 3.05) is 18.5 Å². The molecule has 2 amide bonds. The Balaban J connectivity index is 1.24. The number of para-hydroxylation sites is 1. The lowest BCUT2D eigenvalue weighted by Crippen LogP contribution is -2.43. The van der Waals surface area contributed by atoms with Crippen LogP contribution in [0.2, 0.25) is 0 Å². The lowest BCUT2D eigenvalue weighted by atomic mass is 10.1. The van der Waals surface area contributed by atoms with Crippen LogP contribution in [-0.4, -0.2) is 48.0 Å². The van der Waals surface area contributed by atoms with Gasteiger partial charge in [-0.15, -0.1) is 0 Å². The molecule has 2 atom stereocenters. The zero-order chi connectivity index (χ0) is 24.7. The Labute approximate surface area is 210 Å². The molecule has 3 aromatic rings. The van der Waals surface area contributed by atoms with E-state index >= 15 is 0 Å². The molecule has 3 aromatic carbocycles. The van der Waals surface area contributed by atoms with Gasteiger partial charge >= 0.3 is 6.09 Å². The summed E-state index contributed by atoms with van der Waals surface area (Å²) in [6.07, 6.45) is 1.65. The Morgan fingerprint density at radius 3 is 2.42 bits per heavy atom. The molecule has 0 aliphatic carbocycles. The van der Waals surface area contributed by atoms with Crippen LogP contribution in [-0.2, 0) is 27.3 Å². The second-order valence-corrected chi connectivity index (χ2v) is 9.02. The minimum Gasteiger partial charge on any atom is -0.475 e. The molecule has 2 heterocycles. The van der Waals surface area contributed by atoms with Crippen molar-refractivity contribution in [2.45, 2.75) is 38.0 Å². The van der Waals surface area contributed by atoms with Crippen LogP contribution in [0.15, 0.2) is 89.9 Å². The monoisotopic (exact) mass is 483 g/mol. The lowest BCUT2D eigenvalue weighted by Gasteiger charge is -2.23. The van der Waals surface area contributed by atoms with E-state index in [1.165, 1.54) is 10.5 Å². The van der Waals surface area contributed by atoms with Crippen molar-refractivity contribution in [3.8, 4) is 0 Å². The predicted molar refractivity (Wildman–Crippen MR) is 138 cm³/mol. The molecular formula is C29H29N3O4. The van der Waals surface area contributed by atoms with Gasteiger partial charge < -0.3 is 14.8 Å². The number of benzene rings is 3. The van der Waals surface area contributed by atoms with Crippen molar-refractivity contribution in [1.29, 1.82) is 0 Å². The Bertz CT molecular complexity index is 1230. The number of rotatable bonds is 7. The maximum absolute atomic E-state index is 13.2. The van der Waals surface area contributed by atoms with Gasteiger partial charge in [0.05, 0.1) is 17.3 Å². The number of nitrogens with one attached hydrogen (secondary N) is 1. The molecule has 7 nitrogen and oxygen atoms in total. The van der Waals surface area contributed by atoms with Crippen LogP contribution in [0.1, 0.15) is 29.5 Å². The van der Waals surface area contributed by atoms with Crippen LogP contribution >= 0.6 is 0 Å². The first kappa shape index (κ1) is 23.6. The van der Waals surface area contributed by atoms with Gasteiger partial charge in [0, 0.05) is 6.54 Å². The normalized spacial score (nSPS) is 18.9. The van der Waals surface area contributed by atoms with Gasteiger partial charge in [0.2, 0.25) is 11.8 Å². The molecule has 0 radical (unpaired) electrons. The summed E-state index contributed by atoms with van der Waals surface area (Å²) in [4.78, 5) is 32.3. The number of anilines is 1. The van der Waals surface area contributed by atoms with Crippen molar-refractivity contribution < 1.29 is 19.1 Å². The first-order valence-electron chi connectivity index (χ1n) is 12.3. The number of ether oxygens (including phenoxy) is 2. The average Bonchev–Trinajstić information content (AvgIpc) is 3.59. The predicted octanol–water partition coefficient (Wildman–Crippen LogP) is 4.81. The number of nitrogens with zero attached hydrogens (tertiary/aromatic N) is 2. The maximum atomic E-state index is 13.2. The minimum atomic E-state index is -0.585. The summed E-state index contributed by atoms with van der Waals surface area (Å²) in [7, 11) is 0. The Morgan fingerprint density at radius 2 is 1.64 bits per heavy atom. The summed E-state index contributed by atoms with van der Waals surface area (Å²) in [5, 5.41) is 3.00. The molecule has 5 rings (SSSR count). The zero-order valence-electron chi connectivity index (χ0n) is 20.0. The fraction of sp³-hybridized carbons (Fsp3) is 0.276. The van der Waals surface area contributed by atoms with Crippen LogP contribution in [0.5, 0.6) is 0 Å². The molecule has 184 valence electrons. The molecule has 1 saturated heterocycles. The number of hydrogen-bond donors (Lipinski definition) is 1. The van der Waals surface area contributed by atoms with Gasteiger partial charge in [-0.3, -0.25) is 9.69 Å². The molecule has 0 bridgehead atoms. The molecule has 2 aliphatic heterocycles. The number of hydrogen-bond acceptors (Lipinski definition) is 5. The second kappa shape index (κ2) is 11.1. The van der Waals surface area contributed by atoms with Crippen LogP contribution < -0.4 is 5.32 Å². The van der Waals surface area contributed by atoms with Crippen molar-refractivity contribution in [2.24, 2.45) is 4.99 Å². The largest absolute Gasteiger partial charge is 0.475 e. The molecule has 0 aromatic heterocycles. The van der Waals surface area contributed by atoms with Gasteiger partial charge in [-0.25, -0.2) is 9.79 Å². The van der Waals surface area contributed by atoms with Gasteiger partial charge in [0.15, 0.2) is 0 Å². The van der Waals surface area contributed by atoms with E-state index in [9.17, 15) is 9.59 Å². The van der Waals surface area contributed by atoms with Crippen molar-refractivity contribution in [3.63, 3.8) is 0 Å². The maximum Gasteiger partial charge on any atom is 0.410 e. The molecule has 0 saturated carbocycles. The smallest absolute Gasteiger partial charge is 0.410 e.